The molecular weight excluding hydrogens is 474 g/mol. The first kappa shape index (κ1) is 25.2. The van der Waals surface area contributed by atoms with E-state index in [2.05, 4.69) is 20.7 Å². The number of benzene rings is 2. The molecule has 10 heteroatoms. The predicted octanol–water partition coefficient (Wildman–Crippen LogP) is 4.11. The van der Waals surface area contributed by atoms with Gasteiger partial charge < -0.3 is 19.9 Å². The molecule has 0 atom stereocenters. The van der Waals surface area contributed by atoms with E-state index in [1.807, 2.05) is 55.7 Å². The number of amides is 5. The quantitative estimate of drug-likeness (QED) is 0.347. The first-order valence-corrected chi connectivity index (χ1v) is 11.5. The number of nitrogens with one attached hydrogen (secondary N) is 3. The van der Waals surface area contributed by atoms with Crippen LogP contribution in [-0.4, -0.2) is 47.1 Å². The topological polar surface area (TPSA) is 122 Å². The largest absolute Gasteiger partial charge is 0.453 e. The molecule has 2 heterocycles. The van der Waals surface area contributed by atoms with Crippen molar-refractivity contribution in [3.63, 3.8) is 0 Å². The minimum atomic E-state index is -0.655. The van der Waals surface area contributed by atoms with Crippen molar-refractivity contribution in [2.75, 3.05) is 24.3 Å². The van der Waals surface area contributed by atoms with Crippen molar-refractivity contribution >= 4 is 41.4 Å². The fourth-order valence-electron chi connectivity index (χ4n) is 4.05. The van der Waals surface area contributed by atoms with Gasteiger partial charge in [-0.15, -0.1) is 0 Å². The average Bonchev–Trinajstić information content (AvgIpc) is 3.29. The van der Waals surface area contributed by atoms with E-state index in [0.717, 1.165) is 33.1 Å². The lowest BCUT2D eigenvalue weighted by Crippen LogP contribution is -2.38. The van der Waals surface area contributed by atoms with Crippen LogP contribution >= 0.6 is 0 Å². The molecule has 10 nitrogen and oxygen atoms in total. The second-order valence-corrected chi connectivity index (χ2v) is 8.62. The zero-order chi connectivity index (χ0) is 26.7. The van der Waals surface area contributed by atoms with Crippen molar-refractivity contribution in [1.82, 2.24) is 14.8 Å². The maximum atomic E-state index is 12.9. The van der Waals surface area contributed by atoms with Crippen LogP contribution in [0.1, 0.15) is 22.5 Å². The van der Waals surface area contributed by atoms with Crippen molar-refractivity contribution in [1.29, 1.82) is 0 Å². The molecule has 4 rings (SSSR count). The van der Waals surface area contributed by atoms with Crippen molar-refractivity contribution in [2.45, 2.75) is 20.8 Å². The summed E-state index contributed by atoms with van der Waals surface area (Å²) in [6.45, 7) is 5.35. The Hall–Kier alpha value is -4.86. The minimum Gasteiger partial charge on any atom is -0.453 e. The molecule has 3 N–H and O–H groups in total. The highest BCUT2D eigenvalue weighted by Gasteiger charge is 2.35. The van der Waals surface area contributed by atoms with Crippen LogP contribution in [-0.2, 0) is 14.3 Å². The molecule has 3 aromatic rings. The van der Waals surface area contributed by atoms with Gasteiger partial charge in [-0.1, -0.05) is 17.7 Å². The van der Waals surface area contributed by atoms with Crippen molar-refractivity contribution < 1.29 is 23.9 Å². The van der Waals surface area contributed by atoms with Crippen LogP contribution in [0.25, 0.3) is 11.8 Å². The Kier molecular flexibility index (Phi) is 7.10. The third kappa shape index (κ3) is 5.53. The molecule has 1 saturated heterocycles. The average molecular weight is 502 g/mol. The Balaban J connectivity index is 1.49. The molecule has 1 aliphatic heterocycles. The number of imide groups is 1. The second-order valence-electron chi connectivity index (χ2n) is 8.62. The molecule has 0 unspecified atom stereocenters. The van der Waals surface area contributed by atoms with E-state index < -0.39 is 30.5 Å². The van der Waals surface area contributed by atoms with Gasteiger partial charge >= 0.3 is 12.1 Å². The summed E-state index contributed by atoms with van der Waals surface area (Å²) in [7, 11) is 1.29. The van der Waals surface area contributed by atoms with Gasteiger partial charge in [0.15, 0.2) is 0 Å². The van der Waals surface area contributed by atoms with Crippen LogP contribution in [0.5, 0.6) is 0 Å². The SMILES string of the molecule is COC(=O)Nc1ccc(-n2c(C)cc(C=C3NC(=O)N(CC(=O)Nc4ccc(C)cc4)C3=O)c2C)cc1. The van der Waals surface area contributed by atoms with E-state index in [-0.39, 0.29) is 5.70 Å². The number of aryl methyl sites for hydroxylation is 2. The molecule has 2 aromatic carbocycles. The van der Waals surface area contributed by atoms with Gasteiger partial charge in [0.1, 0.15) is 12.2 Å². The summed E-state index contributed by atoms with van der Waals surface area (Å²) in [5, 5.41) is 7.86. The van der Waals surface area contributed by atoms with E-state index in [1.165, 1.54) is 7.11 Å². The number of carbonyl (C=O) groups is 4. The Morgan fingerprint density at radius 2 is 1.57 bits per heavy atom. The number of anilines is 2. The Bertz CT molecular complexity index is 1400. The van der Waals surface area contributed by atoms with Gasteiger partial charge in [-0.25, -0.2) is 14.5 Å². The van der Waals surface area contributed by atoms with Gasteiger partial charge in [-0.05, 0) is 74.9 Å². The lowest BCUT2D eigenvalue weighted by atomic mass is 10.2. The molecule has 37 heavy (non-hydrogen) atoms. The van der Waals surface area contributed by atoms with Gasteiger partial charge in [-0.2, -0.15) is 0 Å². The maximum Gasteiger partial charge on any atom is 0.411 e. The van der Waals surface area contributed by atoms with Gasteiger partial charge in [0.25, 0.3) is 5.91 Å². The normalized spacial score (nSPS) is 14.1. The van der Waals surface area contributed by atoms with Crippen LogP contribution in [0.15, 0.2) is 60.3 Å². The summed E-state index contributed by atoms with van der Waals surface area (Å²) in [5.74, 6) is -1.05. The Labute approximate surface area is 213 Å². The van der Waals surface area contributed by atoms with E-state index >= 15 is 0 Å². The van der Waals surface area contributed by atoms with E-state index in [9.17, 15) is 19.2 Å². The summed E-state index contributed by atoms with van der Waals surface area (Å²) in [6.07, 6.45) is 1.05. The van der Waals surface area contributed by atoms with E-state index in [0.29, 0.717) is 11.4 Å². The second kappa shape index (κ2) is 10.4. The van der Waals surface area contributed by atoms with Crippen LogP contribution in [0.3, 0.4) is 0 Å². The third-order valence-corrected chi connectivity index (χ3v) is 5.93. The smallest absolute Gasteiger partial charge is 0.411 e. The number of ether oxygens (including phenoxy) is 1. The summed E-state index contributed by atoms with van der Waals surface area (Å²) < 4.78 is 6.59. The molecule has 0 spiro atoms. The fraction of sp³-hybridized carbons (Fsp3) is 0.185. The summed E-state index contributed by atoms with van der Waals surface area (Å²) >= 11 is 0. The number of methoxy groups -OCH3 is 1. The fourth-order valence-corrected chi connectivity index (χ4v) is 4.05. The molecule has 0 saturated carbocycles. The molecule has 0 aliphatic carbocycles. The van der Waals surface area contributed by atoms with Gasteiger partial charge in [-0.3, -0.25) is 14.9 Å². The van der Waals surface area contributed by atoms with Crippen LogP contribution in [0.2, 0.25) is 0 Å². The molecular formula is C27H27N5O5. The molecule has 1 aromatic heterocycles. The highest BCUT2D eigenvalue weighted by Crippen LogP contribution is 2.25. The maximum absolute atomic E-state index is 12.9. The lowest BCUT2D eigenvalue weighted by molar-refractivity contribution is -0.127. The first-order valence-electron chi connectivity index (χ1n) is 11.5. The molecule has 1 aliphatic rings. The number of hydrogen-bond donors (Lipinski definition) is 3. The third-order valence-electron chi connectivity index (χ3n) is 5.93. The minimum absolute atomic E-state index is 0.0889. The van der Waals surface area contributed by atoms with Crippen molar-refractivity contribution in [2.24, 2.45) is 0 Å². The first-order chi connectivity index (χ1) is 17.7. The molecule has 1 fully saturated rings. The Morgan fingerprint density at radius 1 is 0.946 bits per heavy atom. The van der Waals surface area contributed by atoms with E-state index in [4.69, 9.17) is 0 Å². The number of hydrogen-bond acceptors (Lipinski definition) is 5. The monoisotopic (exact) mass is 501 g/mol. The van der Waals surface area contributed by atoms with Crippen LogP contribution in [0.4, 0.5) is 21.0 Å². The number of aromatic nitrogens is 1. The van der Waals surface area contributed by atoms with Gasteiger partial charge in [0.2, 0.25) is 5.91 Å². The molecule has 5 amide bonds. The summed E-state index contributed by atoms with van der Waals surface area (Å²) in [6, 6.07) is 15.7. The van der Waals surface area contributed by atoms with Crippen molar-refractivity contribution in [3.05, 3.63) is 82.8 Å². The molecule has 0 radical (unpaired) electrons. The van der Waals surface area contributed by atoms with E-state index in [1.54, 1.807) is 30.3 Å². The predicted molar refractivity (Wildman–Crippen MR) is 139 cm³/mol. The van der Waals surface area contributed by atoms with Crippen LogP contribution in [0, 0.1) is 20.8 Å². The lowest BCUT2D eigenvalue weighted by Gasteiger charge is -2.12. The van der Waals surface area contributed by atoms with Gasteiger partial charge in [0.05, 0.1) is 7.11 Å². The van der Waals surface area contributed by atoms with Crippen LogP contribution < -0.4 is 16.0 Å². The standard InChI is InChI=1S/C27H27N5O5/c1-16-5-7-20(8-6-16)28-24(33)15-31-25(34)23(30-26(31)35)14-19-13-17(2)32(18(19)3)22-11-9-21(10-12-22)29-27(36)37-4/h5-14H,15H2,1-4H3,(H,28,33)(H,29,36)(H,30,35). The number of carbonyl (C=O) groups excluding carboxylic acids is 4. The van der Waals surface area contributed by atoms with Gasteiger partial charge in [0, 0.05) is 28.5 Å². The van der Waals surface area contributed by atoms with Crippen molar-refractivity contribution in [3.8, 4) is 5.69 Å². The number of nitrogens with zero attached hydrogens (tertiary/aromatic N) is 2. The summed E-state index contributed by atoms with van der Waals surface area (Å²) in [5.41, 5.74) is 5.65. The zero-order valence-corrected chi connectivity index (χ0v) is 20.9. The molecule has 190 valence electrons. The number of urea groups is 1. The Morgan fingerprint density at radius 3 is 2.22 bits per heavy atom. The zero-order valence-electron chi connectivity index (χ0n) is 20.9. The molecule has 0 bridgehead atoms. The highest BCUT2D eigenvalue weighted by atomic mass is 16.5. The highest BCUT2D eigenvalue weighted by molar-refractivity contribution is 6.16. The summed E-state index contributed by atoms with van der Waals surface area (Å²) in [4.78, 5) is 50.1. The number of rotatable bonds is 6.